The van der Waals surface area contributed by atoms with Gasteiger partial charge in [0.25, 0.3) is 0 Å². The Labute approximate surface area is 55.5 Å². The summed E-state index contributed by atoms with van der Waals surface area (Å²) in [6, 6.07) is 8.49. The minimum atomic E-state index is -0.209. The van der Waals surface area contributed by atoms with Crippen LogP contribution in [-0.4, -0.2) is 0 Å². The Hall–Kier alpha value is -0.460. The first-order valence-electron chi connectivity index (χ1n) is 2.01. The third kappa shape index (κ3) is 2.01. The number of hydrogen-bond acceptors (Lipinski definition) is 0. The summed E-state index contributed by atoms with van der Waals surface area (Å²) in [7, 11) is 0. The van der Waals surface area contributed by atoms with Crippen molar-refractivity contribution >= 4 is 0 Å². The summed E-state index contributed by atoms with van der Waals surface area (Å²) in [6.07, 6.45) is 0. The largest absolute Gasteiger partial charge is 0.236 e. The van der Waals surface area contributed by atoms with Gasteiger partial charge in [0.15, 0.2) is 0 Å². The van der Waals surface area contributed by atoms with Crippen molar-refractivity contribution in [2.24, 2.45) is 0 Å². The van der Waals surface area contributed by atoms with Gasteiger partial charge in [-0.2, -0.15) is 18.2 Å². The average molecular weight is 338 g/mol. The van der Waals surface area contributed by atoms with E-state index in [0.29, 0.717) is 0 Å². The Morgan fingerprint density at radius 1 is 1.25 bits per heavy atom. The maximum absolute atomic E-state index is 11.9. The van der Waals surface area contributed by atoms with Crippen molar-refractivity contribution in [1.82, 2.24) is 0 Å². The van der Waals surface area contributed by atoms with Crippen LogP contribution in [0.5, 0.6) is 0 Å². The molecule has 0 saturated heterocycles. The molecule has 0 atom stereocenters. The van der Waals surface area contributed by atoms with Gasteiger partial charge in [0.05, 0.1) is 0 Å². The SMILES string of the molecule is Fc1cc[c-]cc1.[Am]. The number of hydrogen-bond donors (Lipinski definition) is 0. The molecule has 1 rings (SSSR count). The number of halogens is 1. The monoisotopic (exact) mass is 336 g/mol. The topological polar surface area (TPSA) is 0 Å². The Morgan fingerprint density at radius 2 is 1.75 bits per heavy atom. The van der Waals surface area contributed by atoms with Gasteiger partial charge >= 0.3 is 0 Å². The van der Waals surface area contributed by atoms with Crippen molar-refractivity contribution in [1.29, 1.82) is 0 Å². The molecule has 1 aromatic rings. The molecule has 0 bridgehead atoms. The molecule has 0 heterocycles. The maximum atomic E-state index is 11.9. The molecule has 8 heavy (non-hydrogen) atoms. The molecule has 2 heteroatoms. The molecule has 0 saturated carbocycles. The summed E-state index contributed by atoms with van der Waals surface area (Å²) >= 11 is 0. The fourth-order valence-electron chi connectivity index (χ4n) is 0.367. The van der Waals surface area contributed by atoms with E-state index >= 15 is 0 Å². The summed E-state index contributed by atoms with van der Waals surface area (Å²) in [4.78, 5) is 0. The van der Waals surface area contributed by atoms with Crippen LogP contribution in [0.25, 0.3) is 0 Å². The van der Waals surface area contributed by atoms with E-state index in [0.717, 1.165) is 0 Å². The molecular weight excluding hydrogens is 334 g/mol. The van der Waals surface area contributed by atoms with Gasteiger partial charge in [-0.15, -0.1) is 12.1 Å². The molecule has 0 N–H and O–H groups in total. The van der Waals surface area contributed by atoms with Gasteiger partial charge in [-0.1, -0.05) is 0 Å². The quantitative estimate of drug-likeness (QED) is 0.631. The smallest absolute Gasteiger partial charge is 0.0151 e. The predicted octanol–water partition coefficient (Wildman–Crippen LogP) is 1.63. The van der Waals surface area contributed by atoms with E-state index < -0.39 is 0 Å². The second-order valence-corrected chi connectivity index (χ2v) is 1.22. The van der Waals surface area contributed by atoms with E-state index in [4.69, 9.17) is 0 Å². The molecule has 1 aromatic carbocycles. The van der Waals surface area contributed by atoms with E-state index in [1.54, 1.807) is 0 Å². The van der Waals surface area contributed by atoms with Crippen molar-refractivity contribution in [3.05, 3.63) is 36.1 Å². The van der Waals surface area contributed by atoms with Gasteiger partial charge in [0.2, 0.25) is 0 Å². The maximum Gasteiger partial charge on any atom is 0.0151 e. The van der Waals surface area contributed by atoms with E-state index in [-0.39, 0.29) is 20.1 Å². The molecule has 0 nitrogen and oxygen atoms in total. The normalized spacial score (nSPS) is 7.62. The second kappa shape index (κ2) is 3.53. The van der Waals surface area contributed by atoms with Crippen LogP contribution in [-0.2, 0) is 0 Å². The van der Waals surface area contributed by atoms with Crippen molar-refractivity contribution in [3.63, 3.8) is 0 Å². The van der Waals surface area contributed by atoms with Crippen LogP contribution in [0, 0.1) is 26.2 Å². The Balaban J connectivity index is 0.000000490. The molecular formula is C6H4AmF-. The van der Waals surface area contributed by atoms with Gasteiger partial charge in [0, 0.05) is 20.1 Å². The summed E-state index contributed by atoms with van der Waals surface area (Å²) in [5, 5.41) is 0. The van der Waals surface area contributed by atoms with Crippen LogP contribution in [0.3, 0.4) is 0 Å². The third-order valence-electron chi connectivity index (χ3n) is 0.678. The molecule has 1 radical (unpaired) electrons. The van der Waals surface area contributed by atoms with E-state index in [9.17, 15) is 4.39 Å². The molecule has 0 aromatic heterocycles. The minimum absolute atomic E-state index is 0. The summed E-state index contributed by atoms with van der Waals surface area (Å²) in [5.41, 5.74) is 0. The molecule has 0 aliphatic carbocycles. The van der Waals surface area contributed by atoms with Gasteiger partial charge < -0.3 is 0 Å². The van der Waals surface area contributed by atoms with Gasteiger partial charge in [0.1, 0.15) is 0 Å². The molecule has 0 amide bonds. The number of rotatable bonds is 0. The van der Waals surface area contributed by atoms with E-state index in [1.165, 1.54) is 24.3 Å². The van der Waals surface area contributed by atoms with Gasteiger partial charge in [-0.05, 0) is 0 Å². The summed E-state index contributed by atoms with van der Waals surface area (Å²) in [6.45, 7) is 0. The predicted molar refractivity (Wildman–Crippen MR) is 25.2 cm³/mol. The van der Waals surface area contributed by atoms with Crippen molar-refractivity contribution in [3.8, 4) is 0 Å². The average Bonchev–Trinajstić information content (AvgIpc) is 1.69. The standard InChI is InChI=1S/C6H4F.Am/c7-6-4-2-1-3-5-6;/h2-5H;/q-1;. The zero-order chi connectivity index (χ0) is 5.11. The van der Waals surface area contributed by atoms with Gasteiger partial charge in [-0.3, -0.25) is 0 Å². The fourth-order valence-corrected chi connectivity index (χ4v) is 0.367. The zero-order valence-corrected chi connectivity index (χ0v) is 7.21. The van der Waals surface area contributed by atoms with Crippen molar-refractivity contribution < 1.29 is 18.7 Å². The van der Waals surface area contributed by atoms with Crippen LogP contribution in [0.2, 0.25) is 0 Å². The Kier molecular flexibility index (Phi) is 3.33. The third-order valence-corrected chi connectivity index (χ3v) is 0.678. The molecule has 0 unspecified atom stereocenters. The minimum Gasteiger partial charge on any atom is -0.236 e. The molecule has 0 spiro atoms. The second-order valence-electron chi connectivity index (χ2n) is 1.22. The number of benzene rings is 1. The molecule has 43 valence electrons. The van der Waals surface area contributed by atoms with Crippen molar-refractivity contribution in [2.75, 3.05) is 0 Å². The Bertz CT molecular complexity index is 138. The zero-order valence-electron chi connectivity index (χ0n) is 4.07. The first kappa shape index (κ1) is 7.54. The summed E-state index contributed by atoms with van der Waals surface area (Å²) in [5.74, 6) is -0.209. The van der Waals surface area contributed by atoms with E-state index in [1.807, 2.05) is 0 Å². The van der Waals surface area contributed by atoms with Crippen LogP contribution in [0.1, 0.15) is 0 Å². The van der Waals surface area contributed by atoms with Gasteiger partial charge in [-0.25, -0.2) is 4.39 Å². The van der Waals surface area contributed by atoms with Crippen LogP contribution >= 0.6 is 0 Å². The molecule has 0 aliphatic rings. The van der Waals surface area contributed by atoms with Crippen LogP contribution < -0.4 is 0 Å². The summed E-state index contributed by atoms with van der Waals surface area (Å²) < 4.78 is 11.9. The Morgan fingerprint density at radius 3 is 2.00 bits per heavy atom. The van der Waals surface area contributed by atoms with Crippen LogP contribution in [0.4, 0.5) is 4.39 Å². The van der Waals surface area contributed by atoms with E-state index in [2.05, 4.69) is 6.07 Å². The first-order chi connectivity index (χ1) is 3.39. The molecule has 0 aliphatic heterocycles. The van der Waals surface area contributed by atoms with Crippen molar-refractivity contribution in [2.45, 2.75) is 0 Å². The van der Waals surface area contributed by atoms with Crippen LogP contribution in [0.15, 0.2) is 24.3 Å². The fraction of sp³-hybridized carbons (Fsp3) is 0. The molecule has 0 fully saturated rings. The first-order valence-corrected chi connectivity index (χ1v) is 2.01.